The van der Waals surface area contributed by atoms with Crippen molar-refractivity contribution in [3.05, 3.63) is 22.5 Å². The van der Waals surface area contributed by atoms with Crippen LogP contribution in [0, 0.1) is 13.8 Å². The highest BCUT2D eigenvalue weighted by Gasteiger charge is 2.27. The molecule has 1 saturated heterocycles. The lowest BCUT2D eigenvalue weighted by atomic mass is 10.1. The molecule has 5 heteroatoms. The quantitative estimate of drug-likeness (QED) is 0.847. The van der Waals surface area contributed by atoms with Gasteiger partial charge in [-0.15, -0.1) is 0 Å². The average Bonchev–Trinajstić information content (AvgIpc) is 2.87. The Hall–Kier alpha value is -1.62. The van der Waals surface area contributed by atoms with Crippen molar-refractivity contribution in [1.82, 2.24) is 4.57 Å². The molecule has 1 aliphatic heterocycles. The van der Waals surface area contributed by atoms with Crippen LogP contribution in [-0.4, -0.2) is 34.1 Å². The van der Waals surface area contributed by atoms with Crippen molar-refractivity contribution in [3.8, 4) is 0 Å². The number of ketones is 1. The van der Waals surface area contributed by atoms with Gasteiger partial charge in [0.1, 0.15) is 5.69 Å². The van der Waals surface area contributed by atoms with E-state index in [2.05, 4.69) is 0 Å². The number of ether oxygens (including phenoxy) is 1. The van der Waals surface area contributed by atoms with E-state index in [0.717, 1.165) is 25.1 Å². The van der Waals surface area contributed by atoms with E-state index < -0.39 is 5.97 Å². The predicted molar refractivity (Wildman–Crippen MR) is 69.8 cm³/mol. The second kappa shape index (κ2) is 5.17. The van der Waals surface area contributed by atoms with E-state index in [9.17, 15) is 14.7 Å². The summed E-state index contributed by atoms with van der Waals surface area (Å²) in [6.45, 7) is 6.19. The van der Waals surface area contributed by atoms with E-state index in [-0.39, 0.29) is 17.6 Å². The number of carbonyl (C=O) groups is 2. The summed E-state index contributed by atoms with van der Waals surface area (Å²) in [5, 5.41) is 9.37. The van der Waals surface area contributed by atoms with Crippen LogP contribution in [0.2, 0.25) is 0 Å². The maximum atomic E-state index is 11.7. The number of Topliss-reactive ketones (excluding diaryl/α,β-unsaturated/α-hetero) is 1. The van der Waals surface area contributed by atoms with E-state index in [0.29, 0.717) is 17.7 Å². The molecular formula is C14H19NO4. The van der Waals surface area contributed by atoms with Crippen molar-refractivity contribution in [3.63, 3.8) is 0 Å². The second-order valence-electron chi connectivity index (χ2n) is 5.04. The van der Waals surface area contributed by atoms with Crippen LogP contribution in [0.15, 0.2) is 0 Å². The highest BCUT2D eigenvalue weighted by Crippen LogP contribution is 2.25. The fourth-order valence-electron chi connectivity index (χ4n) is 2.91. The van der Waals surface area contributed by atoms with Crippen LogP contribution < -0.4 is 0 Å². The van der Waals surface area contributed by atoms with Gasteiger partial charge >= 0.3 is 5.97 Å². The number of carboxylic acid groups (broad SMARTS) is 1. The zero-order valence-corrected chi connectivity index (χ0v) is 11.5. The zero-order chi connectivity index (χ0) is 14.2. The molecule has 5 nitrogen and oxygen atoms in total. The molecule has 0 bridgehead atoms. The van der Waals surface area contributed by atoms with Crippen LogP contribution >= 0.6 is 0 Å². The molecule has 2 heterocycles. The number of rotatable bonds is 4. The molecule has 1 N–H and O–H groups in total. The first-order valence-electron chi connectivity index (χ1n) is 6.49. The van der Waals surface area contributed by atoms with Crippen molar-refractivity contribution in [2.75, 3.05) is 6.61 Å². The Morgan fingerprint density at radius 3 is 2.58 bits per heavy atom. The summed E-state index contributed by atoms with van der Waals surface area (Å²) >= 11 is 0. The van der Waals surface area contributed by atoms with Crippen LogP contribution in [-0.2, 0) is 11.3 Å². The molecule has 0 unspecified atom stereocenters. The van der Waals surface area contributed by atoms with E-state index in [4.69, 9.17) is 4.74 Å². The van der Waals surface area contributed by atoms with Crippen LogP contribution in [0.3, 0.4) is 0 Å². The molecule has 0 spiro atoms. The summed E-state index contributed by atoms with van der Waals surface area (Å²) in [6, 6.07) is 0. The number of aromatic nitrogens is 1. The van der Waals surface area contributed by atoms with Crippen LogP contribution in [0.4, 0.5) is 0 Å². The molecule has 2 rings (SSSR count). The Morgan fingerprint density at radius 2 is 2.11 bits per heavy atom. The molecule has 0 aliphatic carbocycles. The summed E-state index contributed by atoms with van der Waals surface area (Å²) in [5.41, 5.74) is 2.00. The number of nitrogens with zero attached hydrogens (tertiary/aromatic N) is 1. The Morgan fingerprint density at radius 1 is 1.42 bits per heavy atom. The summed E-state index contributed by atoms with van der Waals surface area (Å²) in [4.78, 5) is 23.1. The minimum atomic E-state index is -0.994. The Bertz CT molecular complexity index is 524. The van der Waals surface area contributed by atoms with Crippen LogP contribution in [0.5, 0.6) is 0 Å². The molecule has 1 aromatic heterocycles. The monoisotopic (exact) mass is 265 g/mol. The van der Waals surface area contributed by atoms with Gasteiger partial charge < -0.3 is 14.4 Å². The minimum Gasteiger partial charge on any atom is -0.477 e. The molecular weight excluding hydrogens is 246 g/mol. The number of hydrogen-bond donors (Lipinski definition) is 1. The van der Waals surface area contributed by atoms with Crippen molar-refractivity contribution < 1.29 is 19.4 Å². The van der Waals surface area contributed by atoms with Crippen molar-refractivity contribution in [2.45, 2.75) is 46.3 Å². The summed E-state index contributed by atoms with van der Waals surface area (Å²) in [7, 11) is 0. The first-order chi connectivity index (χ1) is 8.93. The number of carboxylic acids is 1. The van der Waals surface area contributed by atoms with Crippen LogP contribution in [0.25, 0.3) is 0 Å². The van der Waals surface area contributed by atoms with Crippen molar-refractivity contribution in [1.29, 1.82) is 0 Å². The standard InChI is InChI=1S/C14H19NO4/c1-8-12(10(3)16)9(2)15(13(8)14(17)18)7-11-5-4-6-19-11/h11H,4-7H2,1-3H3,(H,17,18)/t11-/m0/s1. The number of aromatic carboxylic acids is 1. The van der Waals surface area contributed by atoms with Gasteiger partial charge in [0.15, 0.2) is 5.78 Å². The third-order valence-electron chi connectivity index (χ3n) is 3.73. The van der Waals surface area contributed by atoms with E-state index in [1.807, 2.05) is 0 Å². The lowest BCUT2D eigenvalue weighted by molar-refractivity contribution is 0.0668. The molecule has 104 valence electrons. The molecule has 0 radical (unpaired) electrons. The number of carbonyl (C=O) groups excluding carboxylic acids is 1. The van der Waals surface area contributed by atoms with E-state index in [1.165, 1.54) is 6.92 Å². The van der Waals surface area contributed by atoms with Gasteiger partial charge in [0.2, 0.25) is 0 Å². The maximum Gasteiger partial charge on any atom is 0.352 e. The molecule has 0 amide bonds. The smallest absolute Gasteiger partial charge is 0.352 e. The third-order valence-corrected chi connectivity index (χ3v) is 3.73. The summed E-state index contributed by atoms with van der Waals surface area (Å²) in [6.07, 6.45) is 1.99. The molecule has 19 heavy (non-hydrogen) atoms. The highest BCUT2D eigenvalue weighted by atomic mass is 16.5. The van der Waals surface area contributed by atoms with E-state index >= 15 is 0 Å². The Labute approximate surface area is 112 Å². The topological polar surface area (TPSA) is 68.5 Å². The Kier molecular flexibility index (Phi) is 3.75. The molecule has 1 aliphatic rings. The van der Waals surface area contributed by atoms with E-state index in [1.54, 1.807) is 18.4 Å². The average molecular weight is 265 g/mol. The van der Waals surface area contributed by atoms with Gasteiger partial charge in [-0.05, 0) is 39.2 Å². The van der Waals surface area contributed by atoms with Crippen molar-refractivity contribution >= 4 is 11.8 Å². The first-order valence-corrected chi connectivity index (χ1v) is 6.49. The van der Waals surface area contributed by atoms with Gasteiger partial charge in [-0.25, -0.2) is 4.79 Å². The maximum absolute atomic E-state index is 11.7. The van der Waals surface area contributed by atoms with Gasteiger partial charge in [-0.3, -0.25) is 4.79 Å². The Balaban J connectivity index is 2.47. The SMILES string of the molecule is CC(=O)c1c(C)c(C(=O)O)n(C[C@@H]2CCCO2)c1C. The largest absolute Gasteiger partial charge is 0.477 e. The van der Waals surface area contributed by atoms with Gasteiger partial charge in [0, 0.05) is 24.4 Å². The normalized spacial score (nSPS) is 18.8. The first kappa shape index (κ1) is 13.8. The van der Waals surface area contributed by atoms with Crippen molar-refractivity contribution in [2.24, 2.45) is 0 Å². The number of hydrogen-bond acceptors (Lipinski definition) is 3. The molecule has 0 aromatic carbocycles. The molecule has 1 atom stereocenters. The zero-order valence-electron chi connectivity index (χ0n) is 11.5. The van der Waals surface area contributed by atoms with Gasteiger partial charge in [-0.1, -0.05) is 0 Å². The molecule has 1 aromatic rings. The fraction of sp³-hybridized carbons (Fsp3) is 0.571. The highest BCUT2D eigenvalue weighted by molar-refractivity contribution is 6.01. The molecule has 0 saturated carbocycles. The predicted octanol–water partition coefficient (Wildman–Crippen LogP) is 2.18. The lowest BCUT2D eigenvalue weighted by Gasteiger charge is -2.14. The van der Waals surface area contributed by atoms with Gasteiger partial charge in [-0.2, -0.15) is 0 Å². The second-order valence-corrected chi connectivity index (χ2v) is 5.04. The molecule has 1 fully saturated rings. The van der Waals surface area contributed by atoms with Gasteiger partial charge in [0.05, 0.1) is 6.10 Å². The van der Waals surface area contributed by atoms with Gasteiger partial charge in [0.25, 0.3) is 0 Å². The summed E-state index contributed by atoms with van der Waals surface area (Å²) < 4.78 is 7.27. The minimum absolute atomic E-state index is 0.0448. The lowest BCUT2D eigenvalue weighted by Crippen LogP contribution is -2.20. The fourth-order valence-corrected chi connectivity index (χ4v) is 2.91. The third kappa shape index (κ3) is 2.42. The van der Waals surface area contributed by atoms with Crippen LogP contribution in [0.1, 0.15) is 51.9 Å². The summed E-state index contributed by atoms with van der Waals surface area (Å²) in [5.74, 6) is -1.09.